The lowest BCUT2D eigenvalue weighted by Crippen LogP contribution is -1.89. The Morgan fingerprint density at radius 2 is 0.216 bits per heavy atom. The SMILES string of the molecule is NO.O=S(=O)(O)O.O=S(=O)(O)O.O=S(=O)(O)O.O=S(=O)(O)O.O=S(=O)(O)O.O=S(=O)(O)O.O=S(=O)(O)O. The quantitative estimate of drug-likeness (QED) is 0.0821. The first-order valence-corrected chi connectivity index (χ1v) is 14.9. The van der Waals surface area contributed by atoms with E-state index in [9.17, 15) is 0 Å². The van der Waals surface area contributed by atoms with Crippen molar-refractivity contribution in [2.45, 2.75) is 0 Å². The van der Waals surface area contributed by atoms with Gasteiger partial charge in [-0.15, -0.1) is 0 Å². The van der Waals surface area contributed by atoms with Crippen LogP contribution in [0.5, 0.6) is 0 Å². The molecule has 0 aromatic heterocycles. The molecule has 0 rings (SSSR count). The largest absolute Gasteiger partial charge is 0.394 e. The van der Waals surface area contributed by atoms with Gasteiger partial charge in [0.05, 0.1) is 0 Å². The highest BCUT2D eigenvalue weighted by Gasteiger charge is 1.87. The smallest absolute Gasteiger partial charge is 0.320 e. The maximum atomic E-state index is 8.74. The van der Waals surface area contributed by atoms with E-state index in [0.717, 1.165) is 0 Å². The number of hydrogen-bond donors (Lipinski definition) is 16. The van der Waals surface area contributed by atoms with Crippen molar-refractivity contribution >= 4 is 72.8 Å². The molecule has 0 amide bonds. The van der Waals surface area contributed by atoms with Gasteiger partial charge in [0.1, 0.15) is 0 Å². The molecule has 37 heteroatoms. The minimum absolute atomic E-state index is 3.50. The average molecular weight is 720 g/mol. The van der Waals surface area contributed by atoms with Gasteiger partial charge in [0.25, 0.3) is 0 Å². The molecule has 0 saturated heterocycles. The summed E-state index contributed by atoms with van der Waals surface area (Å²) in [6.45, 7) is 0. The van der Waals surface area contributed by atoms with E-state index in [1.807, 2.05) is 0 Å². The third-order valence-electron chi connectivity index (χ3n) is 0. The normalized spacial score (nSPS) is 11.1. The average Bonchev–Trinajstić information content (AvgIpc) is 2.24. The maximum absolute atomic E-state index is 8.74. The Labute approximate surface area is 206 Å². The molecule has 0 saturated carbocycles. The Hall–Kier alpha value is -0.990. The first-order valence-electron chi connectivity index (χ1n) is 5.15. The lowest BCUT2D eigenvalue weighted by molar-refractivity contribution is 0.311. The molecule has 0 unspecified atom stereocenters. The molecule has 0 heterocycles. The van der Waals surface area contributed by atoms with Gasteiger partial charge in [-0.1, -0.05) is 0 Å². The standard InChI is InChI=1S/H3NO.7H2O4S/c1-2;7*1-5(2,3)4/h2H,1H2;7*(H2,1,2,3,4). The molecule has 30 nitrogen and oxygen atoms in total. The molecule has 0 fully saturated rings. The Morgan fingerprint density at radius 1 is 0.216 bits per heavy atom. The molecule has 0 radical (unpaired) electrons. The van der Waals surface area contributed by atoms with Crippen molar-refractivity contribution in [2.75, 3.05) is 0 Å². The molecule has 0 aliphatic rings. The summed E-state index contributed by atoms with van der Waals surface area (Å²) in [4.78, 5) is 0. The van der Waals surface area contributed by atoms with E-state index in [0.29, 0.717) is 0 Å². The molecule has 0 aliphatic heterocycles. The monoisotopic (exact) mass is 719 g/mol. The summed E-state index contributed by atoms with van der Waals surface area (Å²) >= 11 is 0. The summed E-state index contributed by atoms with van der Waals surface area (Å²) in [6.07, 6.45) is 0. The number of nitrogens with two attached hydrogens (primary N) is 1. The van der Waals surface area contributed by atoms with Crippen LogP contribution in [-0.4, -0.2) is 128 Å². The Balaban J connectivity index is -0.0000000437. The number of rotatable bonds is 0. The Morgan fingerprint density at radius 3 is 0.216 bits per heavy atom. The second-order valence-corrected chi connectivity index (χ2v) is 9.40. The van der Waals surface area contributed by atoms with Crippen LogP contribution in [-0.2, 0) is 72.8 Å². The van der Waals surface area contributed by atoms with Gasteiger partial charge in [0.2, 0.25) is 0 Å². The molecule has 0 aromatic rings. The van der Waals surface area contributed by atoms with Gasteiger partial charge in [0.15, 0.2) is 0 Å². The molecular weight excluding hydrogens is 702 g/mol. The van der Waals surface area contributed by atoms with Crippen LogP contribution in [0.15, 0.2) is 0 Å². The van der Waals surface area contributed by atoms with Crippen LogP contribution >= 0.6 is 0 Å². The third-order valence-corrected chi connectivity index (χ3v) is 0. The lowest BCUT2D eigenvalue weighted by Gasteiger charge is -1.68. The van der Waals surface area contributed by atoms with Crippen molar-refractivity contribution in [2.24, 2.45) is 5.90 Å². The Bertz CT molecular complexity index is 909. The van der Waals surface area contributed by atoms with Crippen molar-refractivity contribution in [3.05, 3.63) is 0 Å². The molecule has 0 aromatic carbocycles. The first-order chi connectivity index (χ1) is 15.0. The van der Waals surface area contributed by atoms with Crippen LogP contribution in [0.25, 0.3) is 0 Å². The zero-order valence-corrected chi connectivity index (χ0v) is 21.6. The molecule has 0 spiro atoms. The van der Waals surface area contributed by atoms with Crippen molar-refractivity contribution in [3.8, 4) is 0 Å². The van der Waals surface area contributed by atoms with Gasteiger partial charge >= 0.3 is 72.8 Å². The minimum atomic E-state index is -4.67. The predicted molar refractivity (Wildman–Crippen MR) is 105 cm³/mol. The fourth-order valence-corrected chi connectivity index (χ4v) is 0. The van der Waals surface area contributed by atoms with Gasteiger partial charge in [-0.25, -0.2) is 5.90 Å². The zero-order chi connectivity index (χ0) is 33.5. The predicted octanol–water partition coefficient (Wildman–Crippen LogP) is -5.24. The minimum Gasteiger partial charge on any atom is -0.320 e. The fraction of sp³-hybridized carbons (Fsp3) is 0. The van der Waals surface area contributed by atoms with Gasteiger partial charge in [0, 0.05) is 0 Å². The van der Waals surface area contributed by atoms with Crippen molar-refractivity contribution in [3.63, 3.8) is 0 Å². The van der Waals surface area contributed by atoms with Gasteiger partial charge in [-0.05, 0) is 0 Å². The first kappa shape index (κ1) is 56.3. The molecule has 238 valence electrons. The topological polar surface area (TPSA) is 568 Å². The summed E-state index contributed by atoms with van der Waals surface area (Å²) in [5.74, 6) is 3.50. The zero-order valence-electron chi connectivity index (χ0n) is 15.9. The number of hydrogen-bond acceptors (Lipinski definition) is 16. The molecule has 0 aliphatic carbocycles. The van der Waals surface area contributed by atoms with Crippen molar-refractivity contribution in [1.29, 1.82) is 0 Å². The highest BCUT2D eigenvalue weighted by Crippen LogP contribution is 1.61. The van der Waals surface area contributed by atoms with E-state index < -0.39 is 72.8 Å². The van der Waals surface area contributed by atoms with E-state index in [4.69, 9.17) is 128 Å². The van der Waals surface area contributed by atoms with Crippen LogP contribution in [0, 0.1) is 0 Å². The second-order valence-electron chi connectivity index (χ2n) is 3.13. The highest BCUT2D eigenvalue weighted by molar-refractivity contribution is 7.81. The van der Waals surface area contributed by atoms with E-state index in [1.165, 1.54) is 0 Å². The lowest BCUT2D eigenvalue weighted by atomic mass is 13.6. The van der Waals surface area contributed by atoms with E-state index in [1.54, 1.807) is 0 Å². The van der Waals surface area contributed by atoms with Crippen LogP contribution in [0.2, 0.25) is 0 Å². The summed E-state index contributed by atoms with van der Waals surface area (Å²) in [7, 11) is -32.7. The fourth-order valence-electron chi connectivity index (χ4n) is 0. The van der Waals surface area contributed by atoms with Crippen LogP contribution in [0.3, 0.4) is 0 Å². The van der Waals surface area contributed by atoms with E-state index in [-0.39, 0.29) is 0 Å². The van der Waals surface area contributed by atoms with Gasteiger partial charge in [-0.2, -0.15) is 58.9 Å². The molecule has 17 N–H and O–H groups in total. The van der Waals surface area contributed by atoms with E-state index >= 15 is 0 Å². The summed E-state index contributed by atoms with van der Waals surface area (Å²) in [6, 6.07) is 0. The molecular formula is H17NO29S7. The van der Waals surface area contributed by atoms with Gasteiger partial charge in [-0.3, -0.25) is 63.7 Å². The maximum Gasteiger partial charge on any atom is 0.394 e. The summed E-state index contributed by atoms with van der Waals surface area (Å²) in [5, 5.41) is 6.50. The van der Waals surface area contributed by atoms with Crippen LogP contribution in [0.1, 0.15) is 0 Å². The molecule has 0 atom stereocenters. The van der Waals surface area contributed by atoms with Crippen LogP contribution in [0.4, 0.5) is 0 Å². The second kappa shape index (κ2) is 24.1. The highest BCUT2D eigenvalue weighted by atomic mass is 32.3. The Kier molecular flexibility index (Phi) is 36.6. The molecule has 0 bridgehead atoms. The van der Waals surface area contributed by atoms with Crippen molar-refractivity contribution < 1.29 is 128 Å². The van der Waals surface area contributed by atoms with Crippen molar-refractivity contribution in [1.82, 2.24) is 0 Å². The summed E-state index contributed by atoms with van der Waals surface area (Å²) in [5.41, 5.74) is 0. The van der Waals surface area contributed by atoms with Crippen LogP contribution < -0.4 is 5.90 Å². The van der Waals surface area contributed by atoms with Gasteiger partial charge < -0.3 is 5.21 Å². The summed E-state index contributed by atoms with van der Waals surface area (Å²) < 4.78 is 221. The third kappa shape index (κ3) is 38900. The van der Waals surface area contributed by atoms with E-state index in [2.05, 4.69) is 5.90 Å². The molecule has 37 heavy (non-hydrogen) atoms.